The third kappa shape index (κ3) is 2.33. The Morgan fingerprint density at radius 2 is 2.60 bits per heavy atom. The minimum atomic E-state index is -2.28. The van der Waals surface area contributed by atoms with E-state index in [9.17, 15) is 4.21 Å². The van der Waals surface area contributed by atoms with Crippen LogP contribution in [0.3, 0.4) is 0 Å². The molecule has 0 aliphatic heterocycles. The summed E-state index contributed by atoms with van der Waals surface area (Å²) in [5.74, 6) is 0. The molecule has 1 heterocycles. The van der Waals surface area contributed by atoms with Gasteiger partial charge in [-0.25, -0.2) is 0 Å². The van der Waals surface area contributed by atoms with E-state index in [1.54, 1.807) is 5.38 Å². The van der Waals surface area contributed by atoms with Gasteiger partial charge in [0.2, 0.25) is 0 Å². The zero-order valence-corrected chi connectivity index (χ0v) is 7.70. The Morgan fingerprint density at radius 1 is 1.90 bits per heavy atom. The monoisotopic (exact) mass is 243 g/mol. The van der Waals surface area contributed by atoms with Crippen LogP contribution < -0.4 is 4.18 Å². The summed E-state index contributed by atoms with van der Waals surface area (Å²) in [6.07, 6.45) is 0. The van der Waals surface area contributed by atoms with E-state index in [-0.39, 0.29) is 5.19 Å². The largest absolute Gasteiger partial charge is 0.359 e. The normalized spacial score (nSPS) is 13.0. The van der Waals surface area contributed by atoms with Crippen molar-refractivity contribution < 1.29 is 12.9 Å². The van der Waals surface area contributed by atoms with E-state index in [2.05, 4.69) is 25.1 Å². The first-order valence-electron chi connectivity index (χ1n) is 2.08. The van der Waals surface area contributed by atoms with E-state index in [4.69, 9.17) is 4.55 Å². The molecule has 0 aliphatic carbocycles. The van der Waals surface area contributed by atoms with Crippen molar-refractivity contribution in [3.8, 4) is 5.19 Å². The van der Waals surface area contributed by atoms with Gasteiger partial charge >= 0.3 is 11.4 Å². The number of nitrogens with zero attached hydrogens (tertiary/aromatic N) is 1. The van der Waals surface area contributed by atoms with Crippen LogP contribution in [0.2, 0.25) is 0 Å². The molecule has 10 heavy (non-hydrogen) atoms. The fourth-order valence-electron chi connectivity index (χ4n) is 0.338. The van der Waals surface area contributed by atoms with E-state index in [0.29, 0.717) is 4.60 Å². The fraction of sp³-hybridized carbons (Fsp3) is 0. The molecule has 0 aliphatic rings. The molecule has 0 spiro atoms. The minimum Gasteiger partial charge on any atom is -0.349 e. The Morgan fingerprint density at radius 3 is 3.00 bits per heavy atom. The Bertz CT molecular complexity index is 250. The molecule has 7 heteroatoms. The zero-order valence-electron chi connectivity index (χ0n) is 4.48. The van der Waals surface area contributed by atoms with Crippen molar-refractivity contribution in [3.05, 3.63) is 9.98 Å². The lowest BCUT2D eigenvalue weighted by molar-refractivity contribution is 0.456. The number of rotatable bonds is 2. The van der Waals surface area contributed by atoms with Gasteiger partial charge in [-0.05, 0) is 15.9 Å². The Labute approximate surface area is 71.9 Å². The predicted octanol–water partition coefficient (Wildman–Crippen LogP) is 1.42. The second-order valence-electron chi connectivity index (χ2n) is 1.24. The van der Waals surface area contributed by atoms with Gasteiger partial charge in [0.1, 0.15) is 4.60 Å². The van der Waals surface area contributed by atoms with Gasteiger partial charge < -0.3 is 4.18 Å². The highest BCUT2D eigenvalue weighted by atomic mass is 79.9. The third-order valence-corrected chi connectivity index (χ3v) is 2.43. The van der Waals surface area contributed by atoms with Gasteiger partial charge in [-0.1, -0.05) is 11.3 Å². The third-order valence-electron chi connectivity index (χ3n) is 0.598. The highest BCUT2D eigenvalue weighted by molar-refractivity contribution is 9.10. The van der Waals surface area contributed by atoms with Gasteiger partial charge in [0.05, 0.1) is 0 Å². The van der Waals surface area contributed by atoms with E-state index in [0.717, 1.165) is 11.3 Å². The average Bonchev–Trinajstić information content (AvgIpc) is 2.13. The highest BCUT2D eigenvalue weighted by Crippen LogP contribution is 2.21. The smallest absolute Gasteiger partial charge is 0.349 e. The van der Waals surface area contributed by atoms with Gasteiger partial charge in [0.15, 0.2) is 0 Å². The Kier molecular flexibility index (Phi) is 2.78. The molecule has 0 saturated heterocycles. The summed E-state index contributed by atoms with van der Waals surface area (Å²) in [5, 5.41) is 1.83. The summed E-state index contributed by atoms with van der Waals surface area (Å²) in [7, 11) is 0. The maximum Gasteiger partial charge on any atom is 0.359 e. The van der Waals surface area contributed by atoms with Crippen molar-refractivity contribution in [1.82, 2.24) is 4.98 Å². The molecular weight excluding hydrogens is 242 g/mol. The fourth-order valence-corrected chi connectivity index (χ4v) is 1.79. The number of hydrogen-bond donors (Lipinski definition) is 1. The lowest BCUT2D eigenvalue weighted by atomic mass is 11.0. The molecule has 0 amide bonds. The molecule has 0 aromatic carbocycles. The zero-order chi connectivity index (χ0) is 7.56. The van der Waals surface area contributed by atoms with Crippen molar-refractivity contribution >= 4 is 38.6 Å². The summed E-state index contributed by atoms with van der Waals surface area (Å²) in [5.41, 5.74) is 0. The first-order chi connectivity index (χ1) is 4.68. The van der Waals surface area contributed by atoms with Crippen LogP contribution in [-0.2, 0) is 11.4 Å². The molecule has 0 saturated carbocycles. The number of thiazole rings is 1. The lowest BCUT2D eigenvalue weighted by Crippen LogP contribution is -1.96. The first-order valence-corrected chi connectivity index (χ1v) is 4.79. The van der Waals surface area contributed by atoms with Crippen molar-refractivity contribution in [1.29, 1.82) is 0 Å². The maximum atomic E-state index is 10.0. The molecule has 1 atom stereocenters. The lowest BCUT2D eigenvalue weighted by Gasteiger charge is -1.89. The molecule has 1 unspecified atom stereocenters. The van der Waals surface area contributed by atoms with E-state index < -0.39 is 11.4 Å². The van der Waals surface area contributed by atoms with Gasteiger partial charge in [-0.2, -0.15) is 9.19 Å². The minimum absolute atomic E-state index is 0.174. The average molecular weight is 244 g/mol. The molecule has 1 N–H and O–H groups in total. The summed E-state index contributed by atoms with van der Waals surface area (Å²) in [6.45, 7) is 0. The van der Waals surface area contributed by atoms with Gasteiger partial charge in [0.25, 0.3) is 5.19 Å². The van der Waals surface area contributed by atoms with Crippen LogP contribution in [0.15, 0.2) is 9.98 Å². The van der Waals surface area contributed by atoms with Gasteiger partial charge in [0, 0.05) is 5.38 Å². The van der Waals surface area contributed by atoms with Crippen molar-refractivity contribution in [2.24, 2.45) is 0 Å². The summed E-state index contributed by atoms with van der Waals surface area (Å²) >= 11 is 1.93. The molecule has 0 bridgehead atoms. The molecule has 1 aromatic rings. The van der Waals surface area contributed by atoms with E-state index in [1.807, 2.05) is 0 Å². The van der Waals surface area contributed by atoms with Crippen molar-refractivity contribution in [3.63, 3.8) is 0 Å². The second-order valence-corrected chi connectivity index (χ2v) is 3.47. The second kappa shape index (κ2) is 3.42. The van der Waals surface area contributed by atoms with Crippen LogP contribution in [0, 0.1) is 0 Å². The summed E-state index contributed by atoms with van der Waals surface area (Å²) < 4.78 is 23.2. The number of halogens is 1. The molecule has 56 valence electrons. The van der Waals surface area contributed by atoms with Gasteiger partial charge in [-0.15, -0.1) is 0 Å². The number of hydrogen-bond acceptors (Lipinski definition) is 4. The number of aromatic nitrogens is 1. The van der Waals surface area contributed by atoms with Crippen LogP contribution in [0.25, 0.3) is 0 Å². The molecule has 0 fully saturated rings. The molecule has 1 aromatic heterocycles. The van der Waals surface area contributed by atoms with Crippen LogP contribution in [0.5, 0.6) is 5.19 Å². The maximum absolute atomic E-state index is 10.0. The topological polar surface area (TPSA) is 59.4 Å². The van der Waals surface area contributed by atoms with Crippen LogP contribution in [0.4, 0.5) is 0 Å². The summed E-state index contributed by atoms with van der Waals surface area (Å²) in [4.78, 5) is 3.71. The van der Waals surface area contributed by atoms with Crippen molar-refractivity contribution in [2.75, 3.05) is 0 Å². The quantitative estimate of drug-likeness (QED) is 0.799. The van der Waals surface area contributed by atoms with Crippen LogP contribution in [0.1, 0.15) is 0 Å². The molecule has 1 rings (SSSR count). The van der Waals surface area contributed by atoms with Crippen molar-refractivity contribution in [2.45, 2.75) is 0 Å². The molecule has 0 radical (unpaired) electrons. The molecular formula is C3H2BrNO3S2. The van der Waals surface area contributed by atoms with E-state index in [1.165, 1.54) is 0 Å². The SMILES string of the molecule is O=S(O)Oc1nc(Br)cs1. The highest BCUT2D eigenvalue weighted by Gasteiger charge is 2.02. The van der Waals surface area contributed by atoms with E-state index >= 15 is 0 Å². The summed E-state index contributed by atoms with van der Waals surface area (Å²) in [6, 6.07) is 0. The Balaban J connectivity index is 2.67. The van der Waals surface area contributed by atoms with Gasteiger partial charge in [-0.3, -0.25) is 4.55 Å². The van der Waals surface area contributed by atoms with Crippen LogP contribution in [-0.4, -0.2) is 13.7 Å². The molecule has 4 nitrogen and oxygen atoms in total. The van der Waals surface area contributed by atoms with Crippen LogP contribution >= 0.6 is 27.3 Å². The Hall–Kier alpha value is 0.0200. The predicted molar refractivity (Wildman–Crippen MR) is 41.2 cm³/mol. The first kappa shape index (κ1) is 8.12. The standard InChI is InChI=1S/C3H2BrNO3S2/c4-2-1-9-3(5-2)8-10(6)7/h1H,(H,6,7).